The lowest BCUT2D eigenvalue weighted by Gasteiger charge is -2.31. The highest BCUT2D eigenvalue weighted by molar-refractivity contribution is 5.30. The van der Waals surface area contributed by atoms with Crippen LogP contribution in [0.5, 0.6) is 0 Å². The molecule has 2 heterocycles. The average Bonchev–Trinajstić information content (AvgIpc) is 2.99. The van der Waals surface area contributed by atoms with Gasteiger partial charge in [0.1, 0.15) is 5.82 Å². The van der Waals surface area contributed by atoms with Crippen LogP contribution in [0, 0.1) is 5.92 Å². The zero-order valence-corrected chi connectivity index (χ0v) is 12.6. The van der Waals surface area contributed by atoms with Crippen LogP contribution in [0.2, 0.25) is 0 Å². The Morgan fingerprint density at radius 2 is 2.05 bits per heavy atom. The maximum absolute atomic E-state index is 4.79. The molecule has 1 aromatic heterocycles. The van der Waals surface area contributed by atoms with Gasteiger partial charge in [-0.1, -0.05) is 19.3 Å². The largest absolute Gasteiger partial charge is 0.339 e. The van der Waals surface area contributed by atoms with E-state index in [1.54, 1.807) is 0 Å². The van der Waals surface area contributed by atoms with Crippen molar-refractivity contribution in [3.63, 3.8) is 0 Å². The Balaban J connectivity index is 1.63. The number of hydrogen-bond acceptors (Lipinski definition) is 4. The van der Waals surface area contributed by atoms with E-state index in [9.17, 15) is 0 Å². The summed E-state index contributed by atoms with van der Waals surface area (Å²) in [6, 6.07) is 0. The Bertz CT molecular complexity index is 408. The lowest BCUT2D eigenvalue weighted by atomic mass is 9.89. The standard InChI is InChI=1S/C15H27N5/c1-16-10-12-6-5-9-20(11-12)15-17-14(18-19-15)13-7-3-2-4-8-13/h12-13,16H,2-11H2,1H3,(H,17,18,19). The van der Waals surface area contributed by atoms with E-state index < -0.39 is 0 Å². The highest BCUT2D eigenvalue weighted by Gasteiger charge is 2.24. The van der Waals surface area contributed by atoms with Gasteiger partial charge in [0, 0.05) is 19.0 Å². The quantitative estimate of drug-likeness (QED) is 0.886. The summed E-state index contributed by atoms with van der Waals surface area (Å²) >= 11 is 0. The molecule has 2 fully saturated rings. The van der Waals surface area contributed by atoms with Gasteiger partial charge in [0.25, 0.3) is 0 Å². The lowest BCUT2D eigenvalue weighted by Crippen LogP contribution is -2.39. The molecule has 0 bridgehead atoms. The van der Waals surface area contributed by atoms with Crippen molar-refractivity contribution in [2.75, 3.05) is 31.6 Å². The lowest BCUT2D eigenvalue weighted by molar-refractivity contribution is 0.399. The van der Waals surface area contributed by atoms with Crippen LogP contribution in [-0.2, 0) is 0 Å². The van der Waals surface area contributed by atoms with Gasteiger partial charge in [-0.15, -0.1) is 5.10 Å². The first kappa shape index (κ1) is 13.9. The van der Waals surface area contributed by atoms with Crippen LogP contribution >= 0.6 is 0 Å². The molecule has 1 aliphatic heterocycles. The fraction of sp³-hybridized carbons (Fsp3) is 0.867. The van der Waals surface area contributed by atoms with Gasteiger partial charge < -0.3 is 10.2 Å². The van der Waals surface area contributed by atoms with Crippen molar-refractivity contribution in [3.05, 3.63) is 5.82 Å². The van der Waals surface area contributed by atoms with Crippen LogP contribution in [0.1, 0.15) is 56.7 Å². The van der Waals surface area contributed by atoms with Gasteiger partial charge in [0.15, 0.2) is 0 Å². The van der Waals surface area contributed by atoms with Gasteiger partial charge in [-0.25, -0.2) is 0 Å². The molecule has 0 aromatic carbocycles. The van der Waals surface area contributed by atoms with Crippen molar-refractivity contribution < 1.29 is 0 Å². The monoisotopic (exact) mass is 277 g/mol. The molecule has 1 atom stereocenters. The first-order valence-corrected chi connectivity index (χ1v) is 8.18. The zero-order valence-electron chi connectivity index (χ0n) is 12.6. The third-order valence-corrected chi connectivity index (χ3v) is 4.78. The molecule has 1 saturated carbocycles. The summed E-state index contributed by atoms with van der Waals surface area (Å²) in [6.45, 7) is 3.28. The van der Waals surface area contributed by atoms with Crippen molar-refractivity contribution in [3.8, 4) is 0 Å². The summed E-state index contributed by atoms with van der Waals surface area (Å²) < 4.78 is 0. The van der Waals surface area contributed by atoms with Crippen molar-refractivity contribution >= 4 is 5.95 Å². The fourth-order valence-electron chi connectivity index (χ4n) is 3.67. The molecule has 2 N–H and O–H groups in total. The molecule has 0 amide bonds. The van der Waals surface area contributed by atoms with Crippen molar-refractivity contribution in [2.45, 2.75) is 50.9 Å². The van der Waals surface area contributed by atoms with Gasteiger partial charge in [0.05, 0.1) is 0 Å². The van der Waals surface area contributed by atoms with Crippen LogP contribution in [-0.4, -0.2) is 41.9 Å². The fourth-order valence-corrected chi connectivity index (χ4v) is 3.67. The topological polar surface area (TPSA) is 56.8 Å². The molecule has 1 aromatic rings. The Hall–Kier alpha value is -1.10. The van der Waals surface area contributed by atoms with Gasteiger partial charge >= 0.3 is 0 Å². The summed E-state index contributed by atoms with van der Waals surface area (Å²) in [7, 11) is 2.03. The molecular formula is C15H27N5. The van der Waals surface area contributed by atoms with Crippen LogP contribution < -0.4 is 10.2 Å². The second kappa shape index (κ2) is 6.57. The van der Waals surface area contributed by atoms with E-state index in [4.69, 9.17) is 4.98 Å². The highest BCUT2D eigenvalue weighted by atomic mass is 15.4. The molecule has 0 radical (unpaired) electrons. The van der Waals surface area contributed by atoms with Crippen molar-refractivity contribution in [2.24, 2.45) is 5.92 Å². The predicted octanol–water partition coefficient (Wildman–Crippen LogP) is 2.29. The van der Waals surface area contributed by atoms with E-state index in [1.807, 2.05) is 7.05 Å². The van der Waals surface area contributed by atoms with Crippen LogP contribution in [0.4, 0.5) is 5.95 Å². The van der Waals surface area contributed by atoms with Crippen molar-refractivity contribution in [1.29, 1.82) is 0 Å². The van der Waals surface area contributed by atoms with Crippen LogP contribution in [0.25, 0.3) is 0 Å². The van der Waals surface area contributed by atoms with E-state index in [-0.39, 0.29) is 0 Å². The van der Waals surface area contributed by atoms with Gasteiger partial charge in [0.2, 0.25) is 5.95 Å². The third-order valence-electron chi connectivity index (χ3n) is 4.78. The molecular weight excluding hydrogens is 250 g/mol. The number of nitrogens with one attached hydrogen (secondary N) is 2. The molecule has 3 rings (SSSR count). The van der Waals surface area contributed by atoms with E-state index in [0.29, 0.717) is 5.92 Å². The molecule has 5 heteroatoms. The molecule has 2 aliphatic rings. The Morgan fingerprint density at radius 1 is 1.20 bits per heavy atom. The molecule has 1 unspecified atom stereocenters. The summed E-state index contributed by atoms with van der Waals surface area (Å²) in [5, 5.41) is 11.0. The Kier molecular flexibility index (Phi) is 4.55. The second-order valence-corrected chi connectivity index (χ2v) is 6.37. The van der Waals surface area contributed by atoms with E-state index in [2.05, 4.69) is 20.4 Å². The average molecular weight is 277 g/mol. The number of hydrogen-bond donors (Lipinski definition) is 2. The summed E-state index contributed by atoms with van der Waals surface area (Å²) in [4.78, 5) is 7.15. The molecule has 5 nitrogen and oxygen atoms in total. The molecule has 0 spiro atoms. The Labute approximate surface area is 121 Å². The second-order valence-electron chi connectivity index (χ2n) is 6.37. The maximum Gasteiger partial charge on any atom is 0.244 e. The molecule has 112 valence electrons. The van der Waals surface area contributed by atoms with Gasteiger partial charge in [-0.2, -0.15) is 4.98 Å². The van der Waals surface area contributed by atoms with Crippen molar-refractivity contribution in [1.82, 2.24) is 20.5 Å². The van der Waals surface area contributed by atoms with E-state index >= 15 is 0 Å². The SMILES string of the molecule is CNCC1CCCN(c2n[nH]c(C3CCCCC3)n2)C1. The maximum atomic E-state index is 4.79. The minimum atomic E-state index is 0.614. The Morgan fingerprint density at radius 3 is 2.85 bits per heavy atom. The minimum absolute atomic E-state index is 0.614. The predicted molar refractivity (Wildman–Crippen MR) is 81.1 cm³/mol. The van der Waals surface area contributed by atoms with E-state index in [1.165, 1.54) is 44.9 Å². The first-order valence-electron chi connectivity index (χ1n) is 8.18. The summed E-state index contributed by atoms with van der Waals surface area (Å²) in [5.41, 5.74) is 0. The number of H-pyrrole nitrogens is 1. The summed E-state index contributed by atoms with van der Waals surface area (Å²) in [5.74, 6) is 3.38. The zero-order chi connectivity index (χ0) is 13.8. The van der Waals surface area contributed by atoms with E-state index in [0.717, 1.165) is 37.3 Å². The number of nitrogens with zero attached hydrogens (tertiary/aromatic N) is 3. The summed E-state index contributed by atoms with van der Waals surface area (Å²) in [6.07, 6.45) is 9.18. The van der Waals surface area contributed by atoms with Gasteiger partial charge in [-0.3, -0.25) is 5.10 Å². The minimum Gasteiger partial charge on any atom is -0.339 e. The smallest absolute Gasteiger partial charge is 0.244 e. The third kappa shape index (κ3) is 3.14. The van der Waals surface area contributed by atoms with Crippen LogP contribution in [0.3, 0.4) is 0 Å². The first-order chi connectivity index (χ1) is 9.86. The van der Waals surface area contributed by atoms with Crippen LogP contribution in [0.15, 0.2) is 0 Å². The van der Waals surface area contributed by atoms with Gasteiger partial charge in [-0.05, 0) is 45.2 Å². The number of aromatic amines is 1. The normalized spacial score (nSPS) is 25.1. The molecule has 20 heavy (non-hydrogen) atoms. The molecule has 1 aliphatic carbocycles. The number of anilines is 1. The number of aromatic nitrogens is 3. The number of rotatable bonds is 4. The molecule has 1 saturated heterocycles. The number of piperidine rings is 1. The highest BCUT2D eigenvalue weighted by Crippen LogP contribution is 2.31.